The van der Waals surface area contributed by atoms with Crippen LogP contribution in [-0.4, -0.2) is 13.7 Å². The van der Waals surface area contributed by atoms with Crippen molar-refractivity contribution >= 4 is 11.6 Å². The van der Waals surface area contributed by atoms with Crippen molar-refractivity contribution in [2.75, 3.05) is 13.7 Å². The van der Waals surface area contributed by atoms with Gasteiger partial charge in [0.25, 0.3) is 0 Å². The minimum absolute atomic E-state index is 0.377. The molecule has 1 atom stereocenters. The molecule has 0 amide bonds. The summed E-state index contributed by atoms with van der Waals surface area (Å²) in [7, 11) is 1.99. The Labute approximate surface area is 101 Å². The molecular weight excluding hydrogens is 222 g/mol. The predicted molar refractivity (Wildman–Crippen MR) is 67.1 cm³/mol. The van der Waals surface area contributed by atoms with Crippen LogP contribution in [0.1, 0.15) is 23.6 Å². The summed E-state index contributed by atoms with van der Waals surface area (Å²) in [5, 5.41) is 3.84. The molecule has 2 rings (SSSR count). The number of benzene rings is 1. The zero-order valence-corrected chi connectivity index (χ0v) is 10.2. The number of hydrogen-bond acceptors (Lipinski definition) is 2. The van der Waals surface area contributed by atoms with E-state index in [0.717, 1.165) is 18.6 Å². The predicted octanol–water partition coefficient (Wildman–Crippen LogP) is 3.02. The monoisotopic (exact) mass is 237 g/mol. The Bertz CT molecular complexity index is 403. The highest BCUT2D eigenvalue weighted by Gasteiger charge is 2.23. The van der Waals surface area contributed by atoms with Crippen molar-refractivity contribution in [3.05, 3.63) is 40.9 Å². The average Bonchev–Trinajstić information content (AvgIpc) is 2.69. The van der Waals surface area contributed by atoms with Gasteiger partial charge < -0.3 is 10.1 Å². The van der Waals surface area contributed by atoms with Crippen molar-refractivity contribution in [1.82, 2.24) is 5.32 Å². The van der Waals surface area contributed by atoms with E-state index < -0.39 is 0 Å². The Morgan fingerprint density at radius 1 is 1.62 bits per heavy atom. The molecule has 0 fully saturated rings. The van der Waals surface area contributed by atoms with Gasteiger partial charge in [0.2, 0.25) is 0 Å². The Morgan fingerprint density at radius 2 is 2.44 bits per heavy atom. The molecule has 1 aliphatic rings. The van der Waals surface area contributed by atoms with Crippen molar-refractivity contribution in [1.29, 1.82) is 0 Å². The second-order valence-corrected chi connectivity index (χ2v) is 4.54. The molecule has 1 aromatic carbocycles. The topological polar surface area (TPSA) is 21.3 Å². The molecule has 0 saturated heterocycles. The van der Waals surface area contributed by atoms with Crippen LogP contribution in [0.15, 0.2) is 29.8 Å². The lowest BCUT2D eigenvalue weighted by atomic mass is 10.1. The molecule has 1 aromatic rings. The number of hydrogen-bond donors (Lipinski definition) is 1. The van der Waals surface area contributed by atoms with Crippen molar-refractivity contribution < 1.29 is 4.74 Å². The molecule has 0 spiro atoms. The van der Waals surface area contributed by atoms with Gasteiger partial charge in [-0.1, -0.05) is 30.3 Å². The molecule has 2 nitrogen and oxygen atoms in total. The normalized spacial score (nSPS) is 18.2. The fourth-order valence-electron chi connectivity index (χ4n) is 2.21. The summed E-state index contributed by atoms with van der Waals surface area (Å²) < 4.78 is 5.64. The summed E-state index contributed by atoms with van der Waals surface area (Å²) in [4.78, 5) is 0. The number of ether oxygens (including phenoxy) is 1. The van der Waals surface area contributed by atoms with Gasteiger partial charge in [-0.15, -0.1) is 0 Å². The van der Waals surface area contributed by atoms with Crippen LogP contribution in [0.25, 0.3) is 0 Å². The third-order valence-electron chi connectivity index (χ3n) is 2.96. The molecular formula is C13H16ClNO. The zero-order valence-electron chi connectivity index (χ0n) is 9.42. The van der Waals surface area contributed by atoms with E-state index in [1.54, 1.807) is 0 Å². The van der Waals surface area contributed by atoms with E-state index in [9.17, 15) is 0 Å². The fourth-order valence-corrected chi connectivity index (χ4v) is 2.27. The van der Waals surface area contributed by atoms with E-state index in [1.807, 2.05) is 19.2 Å². The Hall–Kier alpha value is -0.990. The maximum atomic E-state index is 5.70. The smallest absolute Gasteiger partial charge is 0.123 e. The van der Waals surface area contributed by atoms with E-state index in [-0.39, 0.29) is 0 Å². The highest BCUT2D eigenvalue weighted by Crippen LogP contribution is 2.36. The van der Waals surface area contributed by atoms with Crippen LogP contribution in [0.2, 0.25) is 0 Å². The van der Waals surface area contributed by atoms with Crippen molar-refractivity contribution in [3.8, 4) is 5.75 Å². The molecule has 0 aliphatic heterocycles. The lowest BCUT2D eigenvalue weighted by Crippen LogP contribution is -2.12. The third-order valence-corrected chi connectivity index (χ3v) is 3.07. The zero-order chi connectivity index (χ0) is 11.5. The molecule has 0 radical (unpaired) electrons. The van der Waals surface area contributed by atoms with Crippen LogP contribution in [0.4, 0.5) is 0 Å². The van der Waals surface area contributed by atoms with Gasteiger partial charge in [-0.05, 0) is 37.1 Å². The van der Waals surface area contributed by atoms with E-state index >= 15 is 0 Å². The quantitative estimate of drug-likeness (QED) is 0.869. The van der Waals surface area contributed by atoms with Crippen LogP contribution in [0.5, 0.6) is 5.75 Å². The van der Waals surface area contributed by atoms with E-state index in [1.165, 1.54) is 11.1 Å². The number of rotatable bonds is 4. The lowest BCUT2D eigenvalue weighted by molar-refractivity contribution is 0.356. The summed E-state index contributed by atoms with van der Waals surface area (Å²) in [5.74, 6) is 0.942. The van der Waals surface area contributed by atoms with Gasteiger partial charge >= 0.3 is 0 Å². The Balaban J connectivity index is 2.21. The fraction of sp³-hybridized carbons (Fsp3) is 0.385. The average molecular weight is 238 g/mol. The van der Waals surface area contributed by atoms with Crippen LogP contribution >= 0.6 is 11.6 Å². The van der Waals surface area contributed by atoms with E-state index in [2.05, 4.69) is 18.0 Å². The summed E-state index contributed by atoms with van der Waals surface area (Å²) in [6.07, 6.45) is 2.19. The van der Waals surface area contributed by atoms with Crippen LogP contribution in [0, 0.1) is 0 Å². The molecule has 1 aliphatic carbocycles. The molecule has 1 unspecified atom stereocenters. The summed E-state index contributed by atoms with van der Waals surface area (Å²) in [6.45, 7) is 4.00. The number of halogens is 1. The van der Waals surface area contributed by atoms with Gasteiger partial charge in [-0.3, -0.25) is 0 Å². The molecule has 16 heavy (non-hydrogen) atoms. The second-order valence-electron chi connectivity index (χ2n) is 4.01. The molecule has 0 aromatic heterocycles. The van der Waals surface area contributed by atoms with E-state index in [0.29, 0.717) is 17.7 Å². The van der Waals surface area contributed by atoms with Gasteiger partial charge in [-0.2, -0.15) is 0 Å². The highest BCUT2D eigenvalue weighted by molar-refractivity contribution is 6.29. The Morgan fingerprint density at radius 3 is 3.12 bits per heavy atom. The molecule has 0 bridgehead atoms. The first-order valence-electron chi connectivity index (χ1n) is 5.47. The largest absolute Gasteiger partial charge is 0.488 e. The van der Waals surface area contributed by atoms with Crippen molar-refractivity contribution in [3.63, 3.8) is 0 Å². The maximum Gasteiger partial charge on any atom is 0.123 e. The van der Waals surface area contributed by atoms with Crippen LogP contribution in [-0.2, 0) is 6.42 Å². The molecule has 3 heteroatoms. The highest BCUT2D eigenvalue weighted by atomic mass is 35.5. The van der Waals surface area contributed by atoms with Gasteiger partial charge in [-0.25, -0.2) is 0 Å². The third kappa shape index (κ3) is 2.23. The minimum atomic E-state index is 0.377. The van der Waals surface area contributed by atoms with Crippen LogP contribution in [0.3, 0.4) is 0 Å². The summed E-state index contributed by atoms with van der Waals surface area (Å²) in [6, 6.07) is 6.64. The molecule has 86 valence electrons. The van der Waals surface area contributed by atoms with Gasteiger partial charge in [0.15, 0.2) is 0 Å². The van der Waals surface area contributed by atoms with E-state index in [4.69, 9.17) is 16.3 Å². The maximum absolute atomic E-state index is 5.70. The number of fused-ring (bicyclic) bond motifs is 1. The minimum Gasteiger partial charge on any atom is -0.488 e. The van der Waals surface area contributed by atoms with Crippen molar-refractivity contribution in [2.24, 2.45) is 0 Å². The second kappa shape index (κ2) is 4.89. The summed E-state index contributed by atoms with van der Waals surface area (Å²) in [5.41, 5.74) is 2.65. The Kier molecular flexibility index (Phi) is 3.52. The molecule has 1 N–H and O–H groups in total. The first-order valence-corrected chi connectivity index (χ1v) is 5.85. The first-order chi connectivity index (χ1) is 7.72. The summed E-state index contributed by atoms with van der Waals surface area (Å²) >= 11 is 5.70. The SMILES string of the molecule is C=C(Cl)COc1cccc2c1CCC2NC. The first kappa shape index (κ1) is 11.5. The van der Waals surface area contributed by atoms with Crippen molar-refractivity contribution in [2.45, 2.75) is 18.9 Å². The molecule has 0 saturated carbocycles. The van der Waals surface area contributed by atoms with Gasteiger partial charge in [0.05, 0.1) is 0 Å². The van der Waals surface area contributed by atoms with Crippen LogP contribution < -0.4 is 10.1 Å². The number of nitrogens with one attached hydrogen (secondary N) is 1. The lowest BCUT2D eigenvalue weighted by Gasteiger charge is -2.12. The van der Waals surface area contributed by atoms with Gasteiger partial charge in [0.1, 0.15) is 12.4 Å². The van der Waals surface area contributed by atoms with Gasteiger partial charge in [0, 0.05) is 11.1 Å². The molecule has 0 heterocycles. The standard InChI is InChI=1S/C13H16ClNO/c1-9(14)8-16-13-5-3-4-10-11(13)6-7-12(10)15-2/h3-5,12,15H,1,6-8H2,2H3.